The summed E-state index contributed by atoms with van der Waals surface area (Å²) < 4.78 is 6.98. The molecule has 0 atom stereocenters. The van der Waals surface area contributed by atoms with Gasteiger partial charge in [0.05, 0.1) is 5.41 Å². The summed E-state index contributed by atoms with van der Waals surface area (Å²) in [6, 6.07) is 81.0. The molecule has 1 heteroatoms. The van der Waals surface area contributed by atoms with Crippen molar-refractivity contribution in [3.05, 3.63) is 276 Å². The van der Waals surface area contributed by atoms with Crippen LogP contribution in [0, 0.1) is 6.92 Å². The highest BCUT2D eigenvalue weighted by molar-refractivity contribution is 6.01. The van der Waals surface area contributed by atoms with E-state index in [2.05, 4.69) is 250 Å². The van der Waals surface area contributed by atoms with Gasteiger partial charge in [0.2, 0.25) is 0 Å². The van der Waals surface area contributed by atoms with E-state index in [1.54, 1.807) is 0 Å². The molecule has 63 heavy (non-hydrogen) atoms. The molecule has 1 aliphatic rings. The van der Waals surface area contributed by atoms with Gasteiger partial charge in [-0.1, -0.05) is 225 Å². The molecule has 1 nitrogen and oxygen atoms in total. The molecule has 0 bridgehead atoms. The minimum Gasteiger partial charge on any atom is -0.456 e. The van der Waals surface area contributed by atoms with Crippen molar-refractivity contribution in [1.82, 2.24) is 0 Å². The number of rotatable bonds is 9. The molecule has 0 aliphatic heterocycles. The zero-order chi connectivity index (χ0) is 42.3. The van der Waals surface area contributed by atoms with Crippen LogP contribution in [-0.4, -0.2) is 0 Å². The second-order valence-corrected chi connectivity index (χ2v) is 16.5. The van der Waals surface area contributed by atoms with Crippen LogP contribution in [0.1, 0.15) is 39.1 Å². The van der Waals surface area contributed by atoms with Crippen LogP contribution in [0.3, 0.4) is 0 Å². The highest BCUT2D eigenvalue weighted by Crippen LogP contribution is 2.56. The normalized spacial score (nSPS) is 12.7. The summed E-state index contributed by atoms with van der Waals surface area (Å²) in [4.78, 5) is 0. The zero-order valence-electron chi connectivity index (χ0n) is 35.1. The highest BCUT2D eigenvalue weighted by Gasteiger charge is 2.45. The van der Waals surface area contributed by atoms with Gasteiger partial charge in [-0.3, -0.25) is 0 Å². The van der Waals surface area contributed by atoms with Crippen molar-refractivity contribution < 1.29 is 4.42 Å². The van der Waals surface area contributed by atoms with E-state index in [4.69, 9.17) is 4.42 Å². The fraction of sp³-hybridized carbons (Fsp3) is 0.0323. The summed E-state index contributed by atoms with van der Waals surface area (Å²) in [5, 5.41) is 1.09. The van der Waals surface area contributed by atoms with Crippen molar-refractivity contribution in [2.75, 3.05) is 0 Å². The minimum absolute atomic E-state index is 0.473. The van der Waals surface area contributed by atoms with Crippen LogP contribution in [-0.2, 0) is 5.41 Å². The first-order chi connectivity index (χ1) is 31.1. The lowest BCUT2D eigenvalue weighted by Gasteiger charge is -2.34. The van der Waals surface area contributed by atoms with Crippen LogP contribution >= 0.6 is 0 Å². The number of furan rings is 1. The topological polar surface area (TPSA) is 13.1 Å². The van der Waals surface area contributed by atoms with Crippen LogP contribution in [0.15, 0.2) is 242 Å². The molecular weight excluding hydrogens is 761 g/mol. The summed E-state index contributed by atoms with van der Waals surface area (Å²) in [5.74, 6) is 0.817. The van der Waals surface area contributed by atoms with E-state index in [-0.39, 0.29) is 0 Å². The number of aryl methyl sites for hydroxylation is 1. The second-order valence-electron chi connectivity index (χ2n) is 16.5. The number of fused-ring (bicyclic) bond motifs is 4. The predicted molar refractivity (Wildman–Crippen MR) is 265 cm³/mol. The summed E-state index contributed by atoms with van der Waals surface area (Å²) in [6.45, 7) is 6.71. The number of benzene rings is 9. The molecule has 9 aromatic carbocycles. The van der Waals surface area contributed by atoms with Gasteiger partial charge in [-0.05, 0) is 109 Å². The molecule has 1 aliphatic carbocycles. The molecule has 0 fully saturated rings. The first-order valence-electron chi connectivity index (χ1n) is 21.7. The summed E-state index contributed by atoms with van der Waals surface area (Å²) in [7, 11) is 0. The lowest BCUT2D eigenvalue weighted by atomic mass is 9.67. The van der Waals surface area contributed by atoms with Crippen LogP contribution in [0.4, 0.5) is 0 Å². The van der Waals surface area contributed by atoms with Crippen molar-refractivity contribution in [3.8, 4) is 55.6 Å². The molecule has 1 heterocycles. The molecular formula is C62H44O. The van der Waals surface area contributed by atoms with Crippen molar-refractivity contribution in [1.29, 1.82) is 0 Å². The molecule has 0 unspecified atom stereocenters. The van der Waals surface area contributed by atoms with Gasteiger partial charge in [-0.25, -0.2) is 0 Å². The Morgan fingerprint density at radius 3 is 1.51 bits per heavy atom. The van der Waals surface area contributed by atoms with Gasteiger partial charge >= 0.3 is 0 Å². The van der Waals surface area contributed by atoms with Crippen molar-refractivity contribution in [2.24, 2.45) is 0 Å². The Bertz CT molecular complexity index is 3290. The third-order valence-corrected chi connectivity index (χ3v) is 13.0. The Labute approximate surface area is 369 Å². The smallest absolute Gasteiger partial charge is 0.142 e. The van der Waals surface area contributed by atoms with Crippen LogP contribution < -0.4 is 0 Å². The maximum atomic E-state index is 6.98. The van der Waals surface area contributed by atoms with Gasteiger partial charge in [0.15, 0.2) is 0 Å². The molecule has 0 saturated carbocycles. The minimum atomic E-state index is -0.473. The average Bonchev–Trinajstić information content (AvgIpc) is 3.85. The SMILES string of the molecule is C=C(/C=C\c1oc2c(-c3ccc(C4(c5ccccc5)c5ccccc5-c5ccccc54)cc3)cc(-c3ccccc3-c3ccccc3)cc2c1C)c1ccccc1-c1ccccc1. The zero-order valence-corrected chi connectivity index (χ0v) is 35.1. The molecule has 0 amide bonds. The Balaban J connectivity index is 1.07. The largest absolute Gasteiger partial charge is 0.456 e. The van der Waals surface area contributed by atoms with Crippen molar-refractivity contribution >= 4 is 22.6 Å². The lowest BCUT2D eigenvalue weighted by molar-refractivity contribution is 0.602. The van der Waals surface area contributed by atoms with Gasteiger partial charge in [0, 0.05) is 16.5 Å². The third kappa shape index (κ3) is 6.40. The standard InChI is InChI=1S/C62H44O/c1-42(50-26-12-13-27-51(50)44-20-6-3-7-21-44)34-39-60-43(2)56-40-47(53-29-15-14-28-52(53)45-22-8-4-9-23-45)41-57(61(56)63-60)46-35-37-49(38-36-46)62(48-24-10-5-11-25-48)58-32-18-16-30-54(58)55-31-17-19-33-59(55)62/h3-41H,1H2,2H3/b39-34-. The van der Waals surface area contributed by atoms with E-state index in [1.165, 1.54) is 50.1 Å². The fourth-order valence-corrected chi connectivity index (χ4v) is 9.98. The van der Waals surface area contributed by atoms with Crippen LogP contribution in [0.25, 0.3) is 78.3 Å². The Morgan fingerprint density at radius 1 is 0.429 bits per heavy atom. The molecule has 0 radical (unpaired) electrons. The first-order valence-corrected chi connectivity index (χ1v) is 21.7. The van der Waals surface area contributed by atoms with Gasteiger partial charge in [0.25, 0.3) is 0 Å². The van der Waals surface area contributed by atoms with E-state index >= 15 is 0 Å². The lowest BCUT2D eigenvalue weighted by Crippen LogP contribution is -2.28. The van der Waals surface area contributed by atoms with Gasteiger partial charge in [-0.15, -0.1) is 0 Å². The number of hydrogen-bond donors (Lipinski definition) is 0. The maximum Gasteiger partial charge on any atom is 0.142 e. The monoisotopic (exact) mass is 804 g/mol. The van der Waals surface area contributed by atoms with E-state index in [0.29, 0.717) is 0 Å². The Hall–Kier alpha value is -8.00. The Morgan fingerprint density at radius 2 is 0.889 bits per heavy atom. The summed E-state index contributed by atoms with van der Waals surface area (Å²) >= 11 is 0. The summed E-state index contributed by atoms with van der Waals surface area (Å²) in [5.41, 5.74) is 20.3. The Kier molecular flexibility index (Phi) is 9.52. The van der Waals surface area contributed by atoms with E-state index in [0.717, 1.165) is 61.2 Å². The highest BCUT2D eigenvalue weighted by atomic mass is 16.3. The van der Waals surface area contributed by atoms with Gasteiger partial charge in [-0.2, -0.15) is 0 Å². The van der Waals surface area contributed by atoms with E-state index < -0.39 is 5.41 Å². The van der Waals surface area contributed by atoms with Crippen molar-refractivity contribution in [2.45, 2.75) is 12.3 Å². The summed E-state index contributed by atoms with van der Waals surface area (Å²) in [6.07, 6.45) is 4.18. The van der Waals surface area contributed by atoms with Crippen molar-refractivity contribution in [3.63, 3.8) is 0 Å². The third-order valence-electron chi connectivity index (χ3n) is 13.0. The fourth-order valence-electron chi connectivity index (χ4n) is 9.98. The molecule has 0 spiro atoms. The van der Waals surface area contributed by atoms with E-state index in [1.807, 2.05) is 0 Å². The van der Waals surface area contributed by atoms with Gasteiger partial charge < -0.3 is 4.42 Å². The second kappa shape index (κ2) is 15.8. The predicted octanol–water partition coefficient (Wildman–Crippen LogP) is 16.5. The number of allylic oxidation sites excluding steroid dienone is 2. The van der Waals surface area contributed by atoms with Crippen LogP contribution in [0.5, 0.6) is 0 Å². The molecule has 298 valence electrons. The molecule has 0 saturated heterocycles. The molecule has 10 aromatic rings. The molecule has 0 N–H and O–H groups in total. The van der Waals surface area contributed by atoms with Gasteiger partial charge in [0.1, 0.15) is 11.3 Å². The van der Waals surface area contributed by atoms with Crippen LogP contribution in [0.2, 0.25) is 0 Å². The maximum absolute atomic E-state index is 6.98. The first kappa shape index (κ1) is 38.0. The average molecular weight is 805 g/mol. The molecule has 1 aromatic heterocycles. The molecule has 11 rings (SSSR count). The van der Waals surface area contributed by atoms with E-state index in [9.17, 15) is 0 Å². The quantitative estimate of drug-likeness (QED) is 0.132. The number of hydrogen-bond acceptors (Lipinski definition) is 1.